The zero-order valence-electron chi connectivity index (χ0n) is 16.2. The summed E-state index contributed by atoms with van der Waals surface area (Å²) in [6, 6.07) is 8.74. The number of amides is 2. The van der Waals surface area contributed by atoms with Gasteiger partial charge < -0.3 is 10.2 Å². The molecule has 1 saturated carbocycles. The van der Waals surface area contributed by atoms with Crippen LogP contribution >= 0.6 is 0 Å². The zero-order valence-corrected chi connectivity index (χ0v) is 16.2. The van der Waals surface area contributed by atoms with Crippen molar-refractivity contribution in [3.05, 3.63) is 35.4 Å². The molecule has 1 N–H and O–H groups in total. The van der Waals surface area contributed by atoms with Gasteiger partial charge in [0.05, 0.1) is 12.6 Å². The van der Waals surface area contributed by atoms with Gasteiger partial charge in [-0.25, -0.2) is 0 Å². The maximum absolute atomic E-state index is 13.0. The first-order valence-electron chi connectivity index (χ1n) is 10.2. The summed E-state index contributed by atoms with van der Waals surface area (Å²) < 4.78 is 0. The van der Waals surface area contributed by atoms with E-state index < -0.39 is 0 Å². The Bertz CT molecular complexity index is 695. The van der Waals surface area contributed by atoms with Gasteiger partial charge in [0.15, 0.2) is 0 Å². The first kappa shape index (κ1) is 18.4. The average molecular weight is 370 g/mol. The molecule has 6 nitrogen and oxygen atoms in total. The third-order valence-corrected chi connectivity index (χ3v) is 6.06. The highest BCUT2D eigenvalue weighted by molar-refractivity contribution is 5.82. The maximum Gasteiger partial charge on any atom is 0.239 e. The fraction of sp³-hybridized carbons (Fsp3) is 0.619. The monoisotopic (exact) mass is 370 g/mol. The fourth-order valence-corrected chi connectivity index (χ4v) is 4.12. The molecule has 1 saturated heterocycles. The quantitative estimate of drug-likeness (QED) is 0.835. The molecule has 2 aliphatic heterocycles. The van der Waals surface area contributed by atoms with Crippen molar-refractivity contribution in [3.63, 3.8) is 0 Å². The predicted octanol–water partition coefficient (Wildman–Crippen LogP) is 0.856. The van der Waals surface area contributed by atoms with Crippen LogP contribution in [0.15, 0.2) is 24.3 Å². The van der Waals surface area contributed by atoms with E-state index in [0.717, 1.165) is 58.5 Å². The lowest BCUT2D eigenvalue weighted by molar-refractivity contribution is -0.138. The van der Waals surface area contributed by atoms with Crippen LogP contribution in [0.3, 0.4) is 0 Å². The molecule has 1 aromatic rings. The number of hydrogen-bond acceptors (Lipinski definition) is 4. The predicted molar refractivity (Wildman–Crippen MR) is 104 cm³/mol. The zero-order chi connectivity index (χ0) is 18.8. The Balaban J connectivity index is 1.25. The van der Waals surface area contributed by atoms with E-state index in [1.807, 2.05) is 11.8 Å². The lowest BCUT2D eigenvalue weighted by Crippen LogP contribution is -2.56. The molecule has 0 radical (unpaired) electrons. The summed E-state index contributed by atoms with van der Waals surface area (Å²) in [4.78, 5) is 31.4. The standard InChI is InChI=1S/C21H30N4O2/c1-16(21(27)25-9-8-17-4-2-3-5-18(17)14-25)24-12-10-23(11-13-24)15-20(26)22-19-6-7-19/h2-5,16,19H,6-15H2,1H3,(H,22,26)/t16-/m0/s1. The maximum atomic E-state index is 13.0. The van der Waals surface area contributed by atoms with Crippen molar-refractivity contribution >= 4 is 11.8 Å². The molecule has 0 spiro atoms. The molecule has 6 heteroatoms. The van der Waals surface area contributed by atoms with Crippen molar-refractivity contribution < 1.29 is 9.59 Å². The van der Waals surface area contributed by atoms with Crippen molar-refractivity contribution in [2.24, 2.45) is 0 Å². The molecule has 2 amide bonds. The smallest absolute Gasteiger partial charge is 0.239 e. The first-order chi connectivity index (χ1) is 13.1. The van der Waals surface area contributed by atoms with E-state index in [-0.39, 0.29) is 17.9 Å². The molecule has 3 aliphatic rings. The first-order valence-corrected chi connectivity index (χ1v) is 10.2. The number of carbonyl (C=O) groups is 2. The molecule has 0 unspecified atom stereocenters. The van der Waals surface area contributed by atoms with Crippen LogP contribution in [0, 0.1) is 0 Å². The van der Waals surface area contributed by atoms with Gasteiger partial charge in [-0.05, 0) is 37.3 Å². The topological polar surface area (TPSA) is 55.9 Å². The van der Waals surface area contributed by atoms with Crippen LogP contribution in [-0.2, 0) is 22.6 Å². The minimum absolute atomic E-state index is 0.0993. The summed E-state index contributed by atoms with van der Waals surface area (Å²) in [5, 5.41) is 3.05. The van der Waals surface area contributed by atoms with Crippen LogP contribution in [0.1, 0.15) is 30.9 Å². The van der Waals surface area contributed by atoms with Crippen molar-refractivity contribution in [2.45, 2.75) is 44.8 Å². The molecule has 1 aromatic carbocycles. The fourth-order valence-electron chi connectivity index (χ4n) is 4.12. The Hall–Kier alpha value is -1.92. The highest BCUT2D eigenvalue weighted by Crippen LogP contribution is 2.21. The molecule has 1 aliphatic carbocycles. The number of hydrogen-bond donors (Lipinski definition) is 1. The number of piperazine rings is 1. The summed E-state index contributed by atoms with van der Waals surface area (Å²) in [6.07, 6.45) is 3.19. The second kappa shape index (κ2) is 7.98. The number of rotatable bonds is 5. The van der Waals surface area contributed by atoms with E-state index in [2.05, 4.69) is 39.4 Å². The Morgan fingerprint density at radius 1 is 1.07 bits per heavy atom. The van der Waals surface area contributed by atoms with Crippen molar-refractivity contribution in [2.75, 3.05) is 39.3 Å². The van der Waals surface area contributed by atoms with E-state index in [1.54, 1.807) is 0 Å². The Labute approximate surface area is 161 Å². The van der Waals surface area contributed by atoms with Crippen LogP contribution in [0.5, 0.6) is 0 Å². The molecular weight excluding hydrogens is 340 g/mol. The largest absolute Gasteiger partial charge is 0.352 e. The summed E-state index contributed by atoms with van der Waals surface area (Å²) >= 11 is 0. The van der Waals surface area contributed by atoms with Gasteiger partial charge in [-0.1, -0.05) is 24.3 Å². The van der Waals surface area contributed by atoms with Gasteiger partial charge in [0, 0.05) is 45.3 Å². The average Bonchev–Trinajstić information content (AvgIpc) is 3.51. The number of benzene rings is 1. The Kier molecular flexibility index (Phi) is 5.45. The third-order valence-electron chi connectivity index (χ3n) is 6.06. The van der Waals surface area contributed by atoms with Crippen molar-refractivity contribution in [1.82, 2.24) is 20.0 Å². The molecule has 2 heterocycles. The van der Waals surface area contributed by atoms with Gasteiger partial charge in [0.2, 0.25) is 11.8 Å². The van der Waals surface area contributed by atoms with Crippen LogP contribution < -0.4 is 5.32 Å². The minimum Gasteiger partial charge on any atom is -0.352 e. The van der Waals surface area contributed by atoms with E-state index in [9.17, 15) is 9.59 Å². The summed E-state index contributed by atoms with van der Waals surface area (Å²) in [5.41, 5.74) is 2.64. The molecule has 27 heavy (non-hydrogen) atoms. The number of nitrogens with one attached hydrogen (secondary N) is 1. The van der Waals surface area contributed by atoms with Crippen LogP contribution in [-0.4, -0.2) is 77.9 Å². The molecule has 146 valence electrons. The second-order valence-corrected chi connectivity index (χ2v) is 8.11. The molecule has 1 atom stereocenters. The Morgan fingerprint density at radius 3 is 2.48 bits per heavy atom. The molecule has 0 bridgehead atoms. The minimum atomic E-state index is -0.0993. The number of fused-ring (bicyclic) bond motifs is 1. The van der Waals surface area contributed by atoms with Crippen molar-refractivity contribution in [1.29, 1.82) is 0 Å². The van der Waals surface area contributed by atoms with Gasteiger partial charge in [-0.2, -0.15) is 0 Å². The number of carbonyl (C=O) groups excluding carboxylic acids is 2. The van der Waals surface area contributed by atoms with E-state index in [1.165, 1.54) is 11.1 Å². The SMILES string of the molecule is C[C@@H](C(=O)N1CCc2ccccc2C1)N1CCN(CC(=O)NC2CC2)CC1. The van der Waals surface area contributed by atoms with Crippen LogP contribution in [0.4, 0.5) is 0 Å². The van der Waals surface area contributed by atoms with E-state index >= 15 is 0 Å². The second-order valence-electron chi connectivity index (χ2n) is 8.11. The van der Waals surface area contributed by atoms with Gasteiger partial charge in [-0.3, -0.25) is 19.4 Å². The summed E-state index contributed by atoms with van der Waals surface area (Å²) in [5.74, 6) is 0.367. The lowest BCUT2D eigenvalue weighted by Gasteiger charge is -2.39. The van der Waals surface area contributed by atoms with Gasteiger partial charge in [0.25, 0.3) is 0 Å². The summed E-state index contributed by atoms with van der Waals surface area (Å²) in [6.45, 7) is 7.41. The lowest BCUT2D eigenvalue weighted by atomic mass is 9.99. The molecule has 4 rings (SSSR count). The van der Waals surface area contributed by atoms with Crippen molar-refractivity contribution in [3.8, 4) is 0 Å². The molecular formula is C21H30N4O2. The number of nitrogens with zero attached hydrogens (tertiary/aromatic N) is 3. The van der Waals surface area contributed by atoms with E-state index in [0.29, 0.717) is 12.6 Å². The normalized spacial score (nSPS) is 22.2. The highest BCUT2D eigenvalue weighted by atomic mass is 16.2. The molecule has 0 aromatic heterocycles. The van der Waals surface area contributed by atoms with Gasteiger partial charge in [-0.15, -0.1) is 0 Å². The van der Waals surface area contributed by atoms with Crippen LogP contribution in [0.25, 0.3) is 0 Å². The van der Waals surface area contributed by atoms with Crippen LogP contribution in [0.2, 0.25) is 0 Å². The summed E-state index contributed by atoms with van der Waals surface area (Å²) in [7, 11) is 0. The van der Waals surface area contributed by atoms with Gasteiger partial charge >= 0.3 is 0 Å². The molecule has 2 fully saturated rings. The van der Waals surface area contributed by atoms with Gasteiger partial charge in [0.1, 0.15) is 0 Å². The highest BCUT2D eigenvalue weighted by Gasteiger charge is 2.31. The Morgan fingerprint density at radius 2 is 1.78 bits per heavy atom. The third kappa shape index (κ3) is 4.50. The van der Waals surface area contributed by atoms with E-state index in [4.69, 9.17) is 0 Å².